The topological polar surface area (TPSA) is 67.8 Å². The Balaban J connectivity index is 2.06. The summed E-state index contributed by atoms with van der Waals surface area (Å²) in [5, 5.41) is 12.1. The molecule has 4 nitrogen and oxygen atoms in total. The second-order valence-electron chi connectivity index (χ2n) is 4.05. The summed E-state index contributed by atoms with van der Waals surface area (Å²) in [6.07, 6.45) is 0. The van der Waals surface area contributed by atoms with E-state index in [1.165, 1.54) is 0 Å². The second kappa shape index (κ2) is 6.63. The van der Waals surface area contributed by atoms with E-state index in [1.54, 1.807) is 18.2 Å². The third-order valence-electron chi connectivity index (χ3n) is 2.65. The number of hydrogen-bond acceptors (Lipinski definition) is 3. The molecule has 0 aliphatic carbocycles. The minimum atomic E-state index is 0.0764. The Morgan fingerprint density at radius 1 is 1.25 bits per heavy atom. The van der Waals surface area contributed by atoms with Crippen molar-refractivity contribution in [3.8, 4) is 5.75 Å². The van der Waals surface area contributed by atoms with Crippen LogP contribution in [0.25, 0.3) is 0 Å². The third-order valence-corrected chi connectivity index (χ3v) is 3.45. The minimum Gasteiger partial charge on any atom is -0.487 e. The number of oxime groups is 1. The number of amidine groups is 1. The fourth-order valence-corrected chi connectivity index (χ4v) is 2.09. The van der Waals surface area contributed by atoms with Crippen molar-refractivity contribution in [1.82, 2.24) is 0 Å². The summed E-state index contributed by atoms with van der Waals surface area (Å²) in [6.45, 7) is 0.382. The summed E-state index contributed by atoms with van der Waals surface area (Å²) in [5.41, 5.74) is 7.10. The molecule has 0 saturated heterocycles. The van der Waals surface area contributed by atoms with Gasteiger partial charge in [0.1, 0.15) is 12.4 Å². The highest BCUT2D eigenvalue weighted by Crippen LogP contribution is 2.28. The van der Waals surface area contributed by atoms with Crippen molar-refractivity contribution in [3.05, 3.63) is 63.1 Å². The standard InChI is InChI=1S/C14H12BrClN2O2/c15-11-5-6-12(16)13(7-11)20-8-9-1-3-10(4-2-9)14(17)18-19/h1-7,19H,8H2,(H2,17,18). The van der Waals surface area contributed by atoms with E-state index in [0.717, 1.165) is 10.0 Å². The van der Waals surface area contributed by atoms with E-state index in [9.17, 15) is 0 Å². The van der Waals surface area contributed by atoms with Crippen molar-refractivity contribution in [2.45, 2.75) is 6.61 Å². The molecule has 20 heavy (non-hydrogen) atoms. The summed E-state index contributed by atoms with van der Waals surface area (Å²) in [6, 6.07) is 12.6. The molecule has 6 heteroatoms. The van der Waals surface area contributed by atoms with Gasteiger partial charge in [-0.25, -0.2) is 0 Å². The summed E-state index contributed by atoms with van der Waals surface area (Å²) in [4.78, 5) is 0. The van der Waals surface area contributed by atoms with Gasteiger partial charge in [-0.3, -0.25) is 0 Å². The van der Waals surface area contributed by atoms with Crippen LogP contribution in [0.3, 0.4) is 0 Å². The number of halogens is 2. The fraction of sp³-hybridized carbons (Fsp3) is 0.0714. The molecule has 0 amide bonds. The first kappa shape index (κ1) is 14.7. The van der Waals surface area contributed by atoms with Gasteiger partial charge >= 0.3 is 0 Å². The van der Waals surface area contributed by atoms with Crippen molar-refractivity contribution in [3.63, 3.8) is 0 Å². The zero-order valence-corrected chi connectivity index (χ0v) is 12.7. The van der Waals surface area contributed by atoms with Crippen LogP contribution in [0.1, 0.15) is 11.1 Å². The van der Waals surface area contributed by atoms with Gasteiger partial charge in [-0.05, 0) is 23.8 Å². The molecule has 0 saturated carbocycles. The Kier molecular flexibility index (Phi) is 4.87. The van der Waals surface area contributed by atoms with Crippen LogP contribution in [0.15, 0.2) is 52.1 Å². The van der Waals surface area contributed by atoms with Gasteiger partial charge in [0.2, 0.25) is 0 Å². The van der Waals surface area contributed by atoms with Gasteiger partial charge in [0.05, 0.1) is 5.02 Å². The maximum absolute atomic E-state index is 8.59. The zero-order valence-electron chi connectivity index (χ0n) is 10.4. The van der Waals surface area contributed by atoms with Gasteiger partial charge in [0.15, 0.2) is 5.84 Å². The van der Waals surface area contributed by atoms with Crippen molar-refractivity contribution in [2.75, 3.05) is 0 Å². The SMILES string of the molecule is NC(=NO)c1ccc(COc2cc(Br)ccc2Cl)cc1. The smallest absolute Gasteiger partial charge is 0.170 e. The molecular weight excluding hydrogens is 344 g/mol. The van der Waals surface area contributed by atoms with Gasteiger partial charge in [-0.15, -0.1) is 0 Å². The first-order chi connectivity index (χ1) is 9.60. The van der Waals surface area contributed by atoms with E-state index in [1.807, 2.05) is 24.3 Å². The number of ether oxygens (including phenoxy) is 1. The minimum absolute atomic E-state index is 0.0764. The maximum Gasteiger partial charge on any atom is 0.170 e. The van der Waals surface area contributed by atoms with Gasteiger partial charge in [0, 0.05) is 10.0 Å². The van der Waals surface area contributed by atoms with Crippen molar-refractivity contribution in [1.29, 1.82) is 0 Å². The molecule has 0 aromatic heterocycles. The average molecular weight is 356 g/mol. The number of rotatable bonds is 4. The van der Waals surface area contributed by atoms with Crippen LogP contribution in [0.2, 0.25) is 5.02 Å². The van der Waals surface area contributed by atoms with Crippen molar-refractivity contribution >= 4 is 33.4 Å². The van der Waals surface area contributed by atoms with Gasteiger partial charge < -0.3 is 15.7 Å². The van der Waals surface area contributed by atoms with Crippen LogP contribution in [-0.2, 0) is 6.61 Å². The Bertz CT molecular complexity index is 630. The van der Waals surface area contributed by atoms with Crippen LogP contribution >= 0.6 is 27.5 Å². The lowest BCUT2D eigenvalue weighted by Gasteiger charge is -2.09. The Morgan fingerprint density at radius 2 is 1.95 bits per heavy atom. The lowest BCUT2D eigenvalue weighted by molar-refractivity contribution is 0.306. The highest BCUT2D eigenvalue weighted by molar-refractivity contribution is 9.10. The normalized spacial score (nSPS) is 11.4. The summed E-state index contributed by atoms with van der Waals surface area (Å²) in [5.74, 6) is 0.689. The predicted molar refractivity (Wildman–Crippen MR) is 82.4 cm³/mol. The second-order valence-corrected chi connectivity index (χ2v) is 5.37. The Hall–Kier alpha value is -1.72. The number of benzene rings is 2. The lowest BCUT2D eigenvalue weighted by Crippen LogP contribution is -2.12. The van der Waals surface area contributed by atoms with Crippen LogP contribution in [-0.4, -0.2) is 11.0 Å². The summed E-state index contributed by atoms with van der Waals surface area (Å²) >= 11 is 9.41. The molecule has 2 aromatic carbocycles. The van der Waals surface area contributed by atoms with E-state index in [0.29, 0.717) is 22.9 Å². The number of nitrogens with zero attached hydrogens (tertiary/aromatic N) is 1. The predicted octanol–water partition coefficient (Wildman–Crippen LogP) is 3.78. The molecule has 0 bridgehead atoms. The van der Waals surface area contributed by atoms with E-state index in [-0.39, 0.29) is 5.84 Å². The van der Waals surface area contributed by atoms with Crippen molar-refractivity contribution in [2.24, 2.45) is 10.9 Å². The average Bonchev–Trinajstić information content (AvgIpc) is 2.48. The van der Waals surface area contributed by atoms with E-state index in [2.05, 4.69) is 21.1 Å². The molecule has 0 unspecified atom stereocenters. The zero-order chi connectivity index (χ0) is 14.5. The summed E-state index contributed by atoms with van der Waals surface area (Å²) in [7, 11) is 0. The van der Waals surface area contributed by atoms with Crippen LogP contribution in [0, 0.1) is 0 Å². The number of nitrogens with two attached hydrogens (primary N) is 1. The fourth-order valence-electron chi connectivity index (χ4n) is 1.58. The van der Waals surface area contributed by atoms with E-state index in [4.69, 9.17) is 27.3 Å². The monoisotopic (exact) mass is 354 g/mol. The Morgan fingerprint density at radius 3 is 2.60 bits per heavy atom. The molecular formula is C14H12BrClN2O2. The van der Waals surface area contributed by atoms with Crippen LogP contribution < -0.4 is 10.5 Å². The van der Waals surface area contributed by atoms with E-state index >= 15 is 0 Å². The van der Waals surface area contributed by atoms with Crippen LogP contribution in [0.5, 0.6) is 5.75 Å². The first-order valence-corrected chi connectivity index (χ1v) is 6.92. The number of hydrogen-bond donors (Lipinski definition) is 2. The van der Waals surface area contributed by atoms with Crippen LogP contribution in [0.4, 0.5) is 0 Å². The Labute approximate surface area is 129 Å². The lowest BCUT2D eigenvalue weighted by atomic mass is 10.1. The molecule has 0 atom stereocenters. The third kappa shape index (κ3) is 3.65. The van der Waals surface area contributed by atoms with Gasteiger partial charge in [-0.1, -0.05) is 57.0 Å². The largest absolute Gasteiger partial charge is 0.487 e. The quantitative estimate of drug-likeness (QED) is 0.379. The molecule has 0 aliphatic heterocycles. The highest BCUT2D eigenvalue weighted by Gasteiger charge is 2.04. The molecule has 3 N–H and O–H groups in total. The molecule has 0 fully saturated rings. The molecule has 2 rings (SSSR count). The van der Waals surface area contributed by atoms with Gasteiger partial charge in [-0.2, -0.15) is 0 Å². The van der Waals surface area contributed by atoms with Gasteiger partial charge in [0.25, 0.3) is 0 Å². The van der Waals surface area contributed by atoms with Crippen molar-refractivity contribution < 1.29 is 9.94 Å². The molecule has 0 aliphatic rings. The summed E-state index contributed by atoms with van der Waals surface area (Å²) < 4.78 is 6.56. The molecule has 2 aromatic rings. The highest BCUT2D eigenvalue weighted by atomic mass is 79.9. The van der Waals surface area contributed by atoms with E-state index < -0.39 is 0 Å². The molecule has 0 radical (unpaired) electrons. The first-order valence-electron chi connectivity index (χ1n) is 5.75. The molecule has 0 heterocycles. The molecule has 104 valence electrons. The molecule has 0 spiro atoms. The maximum atomic E-state index is 8.59.